The number of benzene rings is 1. The highest BCUT2D eigenvalue weighted by molar-refractivity contribution is 7.18. The molecule has 35 heavy (non-hydrogen) atoms. The Balaban J connectivity index is 1.76. The van der Waals surface area contributed by atoms with Crippen LogP contribution in [0.5, 0.6) is 0 Å². The predicted octanol–water partition coefficient (Wildman–Crippen LogP) is 5.97. The standard InChI is InChI=1S/C27H32ClN3O3S/c1-3-21(32)13-19(14-26-30-23-10-9-20(28)15-25(23)35-26)27(34)31-22(18-7-5-4-6-8-18)11-12-24(33)17(2)16-29/h9-10,15,18-19,22H,2-8,11-14H2,1H3,(H,31,34)/t19-,22+/m0/s1. The van der Waals surface area contributed by atoms with Gasteiger partial charge in [-0.2, -0.15) is 5.26 Å². The third-order valence-corrected chi connectivity index (χ3v) is 8.03. The summed E-state index contributed by atoms with van der Waals surface area (Å²) in [5.74, 6) is -0.680. The van der Waals surface area contributed by atoms with E-state index in [-0.39, 0.29) is 47.8 Å². The summed E-state index contributed by atoms with van der Waals surface area (Å²) in [5.41, 5.74) is 0.771. The molecule has 2 aromatic rings. The molecule has 6 nitrogen and oxygen atoms in total. The van der Waals surface area contributed by atoms with Crippen LogP contribution in [0.15, 0.2) is 30.4 Å². The molecule has 0 spiro atoms. The summed E-state index contributed by atoms with van der Waals surface area (Å²) in [6.07, 6.45) is 6.90. The van der Waals surface area contributed by atoms with Crippen LogP contribution in [0.1, 0.15) is 69.7 Å². The van der Waals surface area contributed by atoms with E-state index in [0.717, 1.165) is 40.9 Å². The van der Waals surface area contributed by atoms with Crippen LogP contribution in [0, 0.1) is 23.2 Å². The number of nitrogens with one attached hydrogen (secondary N) is 1. The number of nitriles is 1. The van der Waals surface area contributed by atoms with Crippen molar-refractivity contribution in [1.29, 1.82) is 5.26 Å². The van der Waals surface area contributed by atoms with Gasteiger partial charge in [0, 0.05) is 36.7 Å². The molecule has 1 heterocycles. The van der Waals surface area contributed by atoms with E-state index in [1.54, 1.807) is 13.0 Å². The van der Waals surface area contributed by atoms with Crippen molar-refractivity contribution in [3.05, 3.63) is 40.4 Å². The van der Waals surface area contributed by atoms with Gasteiger partial charge in [0.1, 0.15) is 11.9 Å². The first-order valence-electron chi connectivity index (χ1n) is 12.3. The highest BCUT2D eigenvalue weighted by Crippen LogP contribution is 2.30. The van der Waals surface area contributed by atoms with Gasteiger partial charge in [-0.1, -0.05) is 44.4 Å². The van der Waals surface area contributed by atoms with Crippen LogP contribution in [-0.2, 0) is 20.8 Å². The van der Waals surface area contributed by atoms with Crippen LogP contribution < -0.4 is 5.32 Å². The summed E-state index contributed by atoms with van der Waals surface area (Å²) in [6.45, 7) is 5.32. The maximum atomic E-state index is 13.5. The van der Waals surface area contributed by atoms with E-state index in [1.807, 2.05) is 18.2 Å². The monoisotopic (exact) mass is 513 g/mol. The molecule has 3 rings (SSSR count). The number of ketones is 2. The molecule has 0 unspecified atom stereocenters. The minimum absolute atomic E-state index is 0.0315. The number of rotatable bonds is 12. The van der Waals surface area contributed by atoms with Gasteiger partial charge in [-0.05, 0) is 43.4 Å². The molecular weight excluding hydrogens is 482 g/mol. The average molecular weight is 514 g/mol. The number of carbonyl (C=O) groups excluding carboxylic acids is 3. The molecule has 0 aliphatic heterocycles. The summed E-state index contributed by atoms with van der Waals surface area (Å²) in [6, 6.07) is 7.14. The Bertz CT molecular complexity index is 1130. The first-order chi connectivity index (χ1) is 16.8. The SMILES string of the molecule is C=C(C#N)C(=O)CC[C@@H](NC(=O)[C@@H](CC(=O)CC)Cc1nc2ccc(Cl)cc2s1)C1CCCCC1. The van der Waals surface area contributed by atoms with Gasteiger partial charge in [-0.25, -0.2) is 4.98 Å². The first-order valence-corrected chi connectivity index (χ1v) is 13.5. The van der Waals surface area contributed by atoms with Gasteiger partial charge in [0.15, 0.2) is 5.78 Å². The third kappa shape index (κ3) is 7.71. The van der Waals surface area contributed by atoms with Crippen LogP contribution in [0.3, 0.4) is 0 Å². The topological polar surface area (TPSA) is 99.9 Å². The fraction of sp³-hybridized carbons (Fsp3) is 0.519. The van der Waals surface area contributed by atoms with E-state index in [1.165, 1.54) is 17.8 Å². The van der Waals surface area contributed by atoms with Crippen molar-refractivity contribution in [2.24, 2.45) is 11.8 Å². The van der Waals surface area contributed by atoms with Gasteiger partial charge >= 0.3 is 0 Å². The van der Waals surface area contributed by atoms with E-state index >= 15 is 0 Å². The molecule has 0 radical (unpaired) electrons. The minimum atomic E-state index is -0.533. The Kier molecular flexibility index (Phi) is 10.00. The molecule has 0 saturated heterocycles. The number of Topliss-reactive ketones (excluding diaryl/α,β-unsaturated/α-hetero) is 2. The molecule has 1 amide bonds. The minimum Gasteiger partial charge on any atom is -0.353 e. The quantitative estimate of drug-likeness (QED) is 0.278. The van der Waals surface area contributed by atoms with Crippen LogP contribution in [0.25, 0.3) is 10.2 Å². The molecule has 1 N–H and O–H groups in total. The summed E-state index contributed by atoms with van der Waals surface area (Å²) >= 11 is 7.59. The van der Waals surface area contributed by atoms with E-state index < -0.39 is 5.92 Å². The molecular formula is C27H32ClN3O3S. The second kappa shape index (κ2) is 12.9. The number of amides is 1. The second-order valence-electron chi connectivity index (χ2n) is 9.28. The smallest absolute Gasteiger partial charge is 0.224 e. The summed E-state index contributed by atoms with van der Waals surface area (Å²) < 4.78 is 0.949. The number of carbonyl (C=O) groups is 3. The maximum Gasteiger partial charge on any atom is 0.224 e. The Hall–Kier alpha value is -2.56. The lowest BCUT2D eigenvalue weighted by Crippen LogP contribution is -2.45. The van der Waals surface area contributed by atoms with Gasteiger partial charge in [0.2, 0.25) is 5.91 Å². The average Bonchev–Trinajstić information content (AvgIpc) is 3.26. The number of halogens is 1. The number of hydrogen-bond donors (Lipinski definition) is 1. The Labute approximate surface area is 215 Å². The van der Waals surface area contributed by atoms with Gasteiger partial charge in [-0.15, -0.1) is 11.3 Å². The van der Waals surface area contributed by atoms with E-state index in [9.17, 15) is 14.4 Å². The second-order valence-corrected chi connectivity index (χ2v) is 10.8. The zero-order valence-electron chi connectivity index (χ0n) is 20.1. The van der Waals surface area contributed by atoms with Crippen LogP contribution in [0.4, 0.5) is 0 Å². The lowest BCUT2D eigenvalue weighted by molar-refractivity contribution is -0.130. The van der Waals surface area contributed by atoms with E-state index in [4.69, 9.17) is 16.9 Å². The Morgan fingerprint density at radius 3 is 2.71 bits per heavy atom. The highest BCUT2D eigenvalue weighted by atomic mass is 35.5. The molecule has 1 aliphatic rings. The fourth-order valence-electron chi connectivity index (χ4n) is 4.68. The molecule has 0 bridgehead atoms. The van der Waals surface area contributed by atoms with E-state index in [0.29, 0.717) is 24.3 Å². The third-order valence-electron chi connectivity index (χ3n) is 6.76. The number of aromatic nitrogens is 1. The number of fused-ring (bicyclic) bond motifs is 1. The number of thiazole rings is 1. The van der Waals surface area contributed by atoms with Crippen molar-refractivity contribution >= 4 is 50.6 Å². The number of hydrogen-bond acceptors (Lipinski definition) is 6. The zero-order valence-corrected chi connectivity index (χ0v) is 21.7. The molecule has 1 saturated carbocycles. The fourth-order valence-corrected chi connectivity index (χ4v) is 6.01. The Morgan fingerprint density at radius 1 is 1.29 bits per heavy atom. The van der Waals surface area contributed by atoms with E-state index in [2.05, 4.69) is 16.9 Å². The highest BCUT2D eigenvalue weighted by Gasteiger charge is 2.30. The number of nitrogens with zero attached hydrogens (tertiary/aromatic N) is 2. The predicted molar refractivity (Wildman–Crippen MR) is 139 cm³/mol. The van der Waals surface area contributed by atoms with Gasteiger partial charge in [0.05, 0.1) is 26.7 Å². The normalized spacial score (nSPS) is 15.8. The maximum absolute atomic E-state index is 13.5. The molecule has 1 fully saturated rings. The molecule has 2 atom stereocenters. The van der Waals surface area contributed by atoms with Crippen LogP contribution in [0.2, 0.25) is 5.02 Å². The summed E-state index contributed by atoms with van der Waals surface area (Å²) in [7, 11) is 0. The van der Waals surface area contributed by atoms with Crippen molar-refractivity contribution < 1.29 is 14.4 Å². The molecule has 186 valence electrons. The van der Waals surface area contributed by atoms with Gasteiger partial charge < -0.3 is 5.32 Å². The van der Waals surface area contributed by atoms with Crippen molar-refractivity contribution in [2.75, 3.05) is 0 Å². The lowest BCUT2D eigenvalue weighted by Gasteiger charge is -2.32. The van der Waals surface area contributed by atoms with Crippen molar-refractivity contribution in [2.45, 2.75) is 77.2 Å². The lowest BCUT2D eigenvalue weighted by atomic mass is 9.81. The van der Waals surface area contributed by atoms with Crippen LogP contribution >= 0.6 is 22.9 Å². The van der Waals surface area contributed by atoms with Crippen molar-refractivity contribution in [3.8, 4) is 6.07 Å². The molecule has 1 aliphatic carbocycles. The molecule has 8 heteroatoms. The van der Waals surface area contributed by atoms with Crippen molar-refractivity contribution in [1.82, 2.24) is 10.3 Å². The van der Waals surface area contributed by atoms with Crippen LogP contribution in [-0.4, -0.2) is 28.5 Å². The van der Waals surface area contributed by atoms with Gasteiger partial charge in [0.25, 0.3) is 0 Å². The molecule has 1 aromatic heterocycles. The molecule has 1 aromatic carbocycles. The summed E-state index contributed by atoms with van der Waals surface area (Å²) in [5, 5.41) is 13.6. The van der Waals surface area contributed by atoms with Crippen molar-refractivity contribution in [3.63, 3.8) is 0 Å². The first kappa shape index (κ1) is 27.0. The zero-order chi connectivity index (χ0) is 25.4. The number of allylic oxidation sites excluding steroid dienone is 1. The van der Waals surface area contributed by atoms with Gasteiger partial charge in [-0.3, -0.25) is 14.4 Å². The summed E-state index contributed by atoms with van der Waals surface area (Å²) in [4.78, 5) is 42.7. The largest absolute Gasteiger partial charge is 0.353 e. The Morgan fingerprint density at radius 2 is 2.03 bits per heavy atom.